The topological polar surface area (TPSA) is 217 Å². The van der Waals surface area contributed by atoms with E-state index in [-0.39, 0.29) is 49.1 Å². The number of benzene rings is 2. The van der Waals surface area contributed by atoms with Gasteiger partial charge in [0.1, 0.15) is 17.2 Å². The lowest BCUT2D eigenvalue weighted by atomic mass is 9.35. The monoisotopic (exact) mass is 707 g/mol. The number of methoxy groups -OCH3 is 1. The molecule has 4 bridgehead atoms. The van der Waals surface area contributed by atoms with Crippen molar-refractivity contribution in [1.82, 2.24) is 10.6 Å². The summed E-state index contributed by atoms with van der Waals surface area (Å²) in [4.78, 5) is 70.2. The van der Waals surface area contributed by atoms with Crippen LogP contribution < -0.4 is 27.8 Å². The first kappa shape index (κ1) is 37.5. The third-order valence-corrected chi connectivity index (χ3v) is 11.9. The number of nitrogens with two attached hydrogens (primary N) is 3. The minimum atomic E-state index is -1.93. The van der Waals surface area contributed by atoms with E-state index < -0.39 is 71.0 Å². The highest BCUT2D eigenvalue weighted by atomic mass is 32.2. The Morgan fingerprint density at radius 3 is 2.26 bits per heavy atom. The van der Waals surface area contributed by atoms with E-state index in [1.807, 2.05) is 36.6 Å². The average Bonchev–Trinajstić information content (AvgIpc) is 3.11. The Kier molecular flexibility index (Phi) is 11.7. The van der Waals surface area contributed by atoms with Crippen LogP contribution in [0, 0.1) is 28.6 Å². The molecule has 0 radical (unpaired) electrons. The van der Waals surface area contributed by atoms with Crippen molar-refractivity contribution < 1.29 is 33.8 Å². The molecule has 50 heavy (non-hydrogen) atoms. The van der Waals surface area contributed by atoms with Gasteiger partial charge in [-0.25, -0.2) is 0 Å². The van der Waals surface area contributed by atoms with E-state index in [1.165, 1.54) is 31.0 Å². The lowest BCUT2D eigenvalue weighted by Gasteiger charge is -2.66. The van der Waals surface area contributed by atoms with Gasteiger partial charge in [-0.15, -0.1) is 0 Å². The zero-order valence-corrected chi connectivity index (χ0v) is 29.5. The van der Waals surface area contributed by atoms with Crippen LogP contribution in [-0.4, -0.2) is 84.3 Å². The lowest BCUT2D eigenvalue weighted by molar-refractivity contribution is -0.212. The Bertz CT molecular complexity index is 1580. The van der Waals surface area contributed by atoms with Gasteiger partial charge in [0, 0.05) is 6.04 Å². The third-order valence-electron chi connectivity index (χ3n) is 11.2. The molecule has 2 aromatic rings. The molecule has 4 fully saturated rings. The highest BCUT2D eigenvalue weighted by Gasteiger charge is 2.77. The molecule has 0 heterocycles. The summed E-state index contributed by atoms with van der Waals surface area (Å²) in [6.45, 7) is -0.569. The molecule has 9 atom stereocenters. The number of amides is 2. The number of carbonyl (C=O) groups is 5. The summed E-state index contributed by atoms with van der Waals surface area (Å²) in [7, 11) is 1.20. The van der Waals surface area contributed by atoms with Gasteiger partial charge < -0.3 is 37.7 Å². The second kappa shape index (κ2) is 15.6. The highest BCUT2D eigenvalue weighted by molar-refractivity contribution is 7.98. The van der Waals surface area contributed by atoms with Crippen LogP contribution in [-0.2, 0) is 41.6 Å². The summed E-state index contributed by atoms with van der Waals surface area (Å²) < 4.78 is 5.36. The second-order valence-corrected chi connectivity index (χ2v) is 15.2. The molecule has 4 aliphatic carbocycles. The Hall–Kier alpha value is -3.78. The van der Waals surface area contributed by atoms with Crippen molar-refractivity contribution in [3.8, 4) is 5.75 Å². The van der Waals surface area contributed by atoms with Crippen LogP contribution in [0.4, 0.5) is 0 Å². The summed E-state index contributed by atoms with van der Waals surface area (Å²) in [5.74, 6) is -3.00. The minimum Gasteiger partial charge on any atom is -0.508 e. The molecule has 0 aromatic heterocycles. The van der Waals surface area contributed by atoms with E-state index in [1.54, 1.807) is 12.1 Å². The van der Waals surface area contributed by atoms with E-state index >= 15 is 0 Å². The molecule has 4 aliphatic rings. The van der Waals surface area contributed by atoms with Crippen LogP contribution in [0.1, 0.15) is 43.2 Å². The molecule has 2 aromatic carbocycles. The average molecular weight is 708 g/mol. The maximum Gasteiger partial charge on any atom is 0.320 e. The smallest absolute Gasteiger partial charge is 0.320 e. The zero-order valence-electron chi connectivity index (χ0n) is 28.6. The van der Waals surface area contributed by atoms with E-state index in [2.05, 4.69) is 10.6 Å². The fourth-order valence-electron chi connectivity index (χ4n) is 9.08. The Morgan fingerprint density at radius 1 is 0.940 bits per heavy atom. The van der Waals surface area contributed by atoms with Crippen LogP contribution in [0.5, 0.6) is 5.75 Å². The molecule has 6 unspecified atom stereocenters. The number of thioether (sulfide) groups is 1. The Balaban J connectivity index is 1.38. The van der Waals surface area contributed by atoms with Crippen molar-refractivity contribution in [3.05, 3.63) is 65.7 Å². The predicted octanol–water partition coefficient (Wildman–Crippen LogP) is 1.25. The number of hydrogen-bond donors (Lipinski definition) is 6. The third kappa shape index (κ3) is 7.05. The number of ketones is 2. The van der Waals surface area contributed by atoms with Gasteiger partial charge in [0.15, 0.2) is 11.6 Å². The molecule has 2 amide bonds. The SMILES string of the molecule is COC(=O)C1(C(=O)CNC(=O)[C@@H](CCSC)NC(=O)[C@@H](N)Cc2ccc(O)cc2)C2CC3CC(CC1(C(=O)[C@@H](N)Cc1ccccc1)C3)C2N. The fraction of sp³-hybridized carbons (Fsp3) is 0.541. The first-order valence-corrected chi connectivity index (χ1v) is 18.6. The van der Waals surface area contributed by atoms with E-state index in [4.69, 9.17) is 21.9 Å². The molecule has 0 spiro atoms. The van der Waals surface area contributed by atoms with Gasteiger partial charge in [-0.05, 0) is 98.0 Å². The van der Waals surface area contributed by atoms with Crippen LogP contribution in [0.25, 0.3) is 0 Å². The maximum absolute atomic E-state index is 14.7. The molecule has 4 saturated carbocycles. The van der Waals surface area contributed by atoms with Crippen molar-refractivity contribution in [3.63, 3.8) is 0 Å². The first-order valence-electron chi connectivity index (χ1n) is 17.2. The van der Waals surface area contributed by atoms with Crippen LogP contribution in [0.3, 0.4) is 0 Å². The number of Topliss-reactive ketones (excluding diaryl/α,β-unsaturated/α-hetero) is 2. The molecule has 13 heteroatoms. The number of hydrogen-bond acceptors (Lipinski definition) is 11. The lowest BCUT2D eigenvalue weighted by Crippen LogP contribution is -2.76. The number of phenolic OH excluding ortho intramolecular Hbond substituents is 1. The molecule has 0 saturated heterocycles. The molecule has 6 rings (SSSR count). The van der Waals surface area contributed by atoms with Gasteiger partial charge in [0.25, 0.3) is 0 Å². The minimum absolute atomic E-state index is 0.0579. The second-order valence-electron chi connectivity index (χ2n) is 14.2. The quantitative estimate of drug-likeness (QED) is 0.108. The van der Waals surface area contributed by atoms with E-state index in [9.17, 15) is 29.1 Å². The number of nitrogens with one attached hydrogen (secondary N) is 2. The van der Waals surface area contributed by atoms with Crippen molar-refractivity contribution in [2.75, 3.05) is 25.7 Å². The number of ether oxygens (including phenoxy) is 1. The highest BCUT2D eigenvalue weighted by Crippen LogP contribution is 2.69. The summed E-state index contributed by atoms with van der Waals surface area (Å²) in [5, 5.41) is 14.9. The summed E-state index contributed by atoms with van der Waals surface area (Å²) in [6, 6.07) is 12.2. The summed E-state index contributed by atoms with van der Waals surface area (Å²) in [6.07, 6.45) is 4.39. The zero-order chi connectivity index (χ0) is 36.2. The van der Waals surface area contributed by atoms with E-state index in [0.717, 1.165) is 17.5 Å². The molecule has 0 aliphatic heterocycles. The van der Waals surface area contributed by atoms with Gasteiger partial charge in [-0.1, -0.05) is 42.5 Å². The molecule has 12 nitrogen and oxygen atoms in total. The first-order chi connectivity index (χ1) is 23.9. The maximum atomic E-state index is 14.7. The van der Waals surface area contributed by atoms with Gasteiger partial charge in [-0.2, -0.15) is 11.8 Å². The van der Waals surface area contributed by atoms with Crippen molar-refractivity contribution >= 4 is 41.1 Å². The standard InChI is InChI=1S/C37H49N5O7S/c1-49-35(48)37(26-15-23-14-24(31(26)40)19-36(37,18-23)32(45)27(38)16-21-6-4-3-5-7-21)30(44)20-41-34(47)29(12-13-50-2)42-33(46)28(39)17-22-8-10-25(43)11-9-22/h3-11,23-24,26-29,31,43H,12-20,38-40H2,1-2H3,(H,41,47)(H,42,46)/t23?,24?,26?,27-,28-,29+,31?,36?,37?/m0/s1. The summed E-state index contributed by atoms with van der Waals surface area (Å²) >= 11 is 1.48. The number of aromatic hydroxyl groups is 1. The molecular formula is C37H49N5O7S. The van der Waals surface area contributed by atoms with Gasteiger partial charge in [0.05, 0.1) is 31.2 Å². The van der Waals surface area contributed by atoms with Crippen LogP contribution in [0.15, 0.2) is 54.6 Å². The van der Waals surface area contributed by atoms with Crippen molar-refractivity contribution in [1.29, 1.82) is 0 Å². The number of esters is 1. The molecule has 270 valence electrons. The molecule has 9 N–H and O–H groups in total. The number of phenols is 1. The number of carbonyl (C=O) groups excluding carboxylic acids is 5. The fourth-order valence-corrected chi connectivity index (χ4v) is 9.55. The number of rotatable bonds is 16. The Morgan fingerprint density at radius 2 is 1.60 bits per heavy atom. The predicted molar refractivity (Wildman–Crippen MR) is 190 cm³/mol. The van der Waals surface area contributed by atoms with Crippen LogP contribution in [0.2, 0.25) is 0 Å². The van der Waals surface area contributed by atoms with Crippen molar-refractivity contribution in [2.24, 2.45) is 45.8 Å². The Labute approximate surface area is 297 Å². The summed E-state index contributed by atoms with van der Waals surface area (Å²) in [5.41, 5.74) is 17.8. The van der Waals surface area contributed by atoms with Gasteiger partial charge in [-0.3, -0.25) is 24.0 Å². The molecular weight excluding hydrogens is 659 g/mol. The van der Waals surface area contributed by atoms with Gasteiger partial charge >= 0.3 is 5.97 Å². The van der Waals surface area contributed by atoms with E-state index in [0.29, 0.717) is 18.6 Å². The van der Waals surface area contributed by atoms with Gasteiger partial charge in [0.2, 0.25) is 11.8 Å². The van der Waals surface area contributed by atoms with Crippen molar-refractivity contribution in [2.45, 2.75) is 69.1 Å². The largest absolute Gasteiger partial charge is 0.508 e. The van der Waals surface area contributed by atoms with Crippen LogP contribution >= 0.6 is 11.8 Å². The normalized spacial score (nSPS) is 28.3.